The van der Waals surface area contributed by atoms with Crippen LogP contribution in [0.5, 0.6) is 5.75 Å². The zero-order chi connectivity index (χ0) is 17.3. The van der Waals surface area contributed by atoms with Gasteiger partial charge in [0.1, 0.15) is 5.75 Å². The van der Waals surface area contributed by atoms with E-state index in [0.29, 0.717) is 16.7 Å². The molecule has 1 aromatic heterocycles. The summed E-state index contributed by atoms with van der Waals surface area (Å²) in [6.07, 6.45) is -2.76. The van der Waals surface area contributed by atoms with Gasteiger partial charge in [-0.1, -0.05) is 18.2 Å². The number of pyridine rings is 1. The van der Waals surface area contributed by atoms with E-state index in [0.717, 1.165) is 23.4 Å². The molecule has 5 heteroatoms. The van der Waals surface area contributed by atoms with Gasteiger partial charge in [0.25, 0.3) is 0 Å². The lowest BCUT2D eigenvalue weighted by Gasteiger charge is -2.11. The van der Waals surface area contributed by atoms with Crippen LogP contribution in [-0.2, 0) is 6.18 Å². The molecule has 0 bridgehead atoms. The molecule has 0 unspecified atom stereocenters. The number of aromatic nitrogens is 1. The minimum atomic E-state index is -4.39. The van der Waals surface area contributed by atoms with Gasteiger partial charge in [-0.3, -0.25) is 4.98 Å². The first-order chi connectivity index (χ1) is 11.3. The molecule has 0 saturated carbocycles. The molecule has 0 atom stereocenters. The van der Waals surface area contributed by atoms with Crippen LogP contribution in [0.1, 0.15) is 11.3 Å². The maximum absolute atomic E-state index is 12.9. The monoisotopic (exact) mass is 329 g/mol. The molecule has 3 rings (SSSR count). The highest BCUT2D eigenvalue weighted by atomic mass is 19.4. The van der Waals surface area contributed by atoms with E-state index in [1.54, 1.807) is 30.5 Å². The van der Waals surface area contributed by atoms with Crippen LogP contribution in [0.15, 0.2) is 60.8 Å². The summed E-state index contributed by atoms with van der Waals surface area (Å²) < 4.78 is 38.7. The number of benzene rings is 2. The SMILES string of the molecule is Cc1cc(-c2cc(-c3cccc(C(F)(F)F)c3)ccc2O)ccn1. The third-order valence-corrected chi connectivity index (χ3v) is 3.73. The lowest BCUT2D eigenvalue weighted by molar-refractivity contribution is -0.137. The van der Waals surface area contributed by atoms with Crippen molar-refractivity contribution < 1.29 is 18.3 Å². The summed E-state index contributed by atoms with van der Waals surface area (Å²) in [6.45, 7) is 1.83. The van der Waals surface area contributed by atoms with E-state index < -0.39 is 11.7 Å². The smallest absolute Gasteiger partial charge is 0.416 e. The first-order valence-electron chi connectivity index (χ1n) is 7.28. The molecule has 0 saturated heterocycles. The highest BCUT2D eigenvalue weighted by Gasteiger charge is 2.30. The Morgan fingerprint density at radius 3 is 2.33 bits per heavy atom. The number of hydrogen-bond acceptors (Lipinski definition) is 2. The van der Waals surface area contributed by atoms with Crippen LogP contribution < -0.4 is 0 Å². The van der Waals surface area contributed by atoms with Crippen LogP contribution >= 0.6 is 0 Å². The van der Waals surface area contributed by atoms with E-state index in [1.165, 1.54) is 12.1 Å². The van der Waals surface area contributed by atoms with Gasteiger partial charge in [0.05, 0.1) is 5.56 Å². The zero-order valence-electron chi connectivity index (χ0n) is 12.8. The molecule has 0 aliphatic heterocycles. The minimum Gasteiger partial charge on any atom is -0.507 e. The number of aromatic hydroxyl groups is 1. The number of alkyl halides is 3. The second kappa shape index (κ2) is 6.00. The fourth-order valence-corrected chi connectivity index (χ4v) is 2.54. The summed E-state index contributed by atoms with van der Waals surface area (Å²) >= 11 is 0. The van der Waals surface area contributed by atoms with E-state index in [2.05, 4.69) is 4.98 Å². The van der Waals surface area contributed by atoms with Crippen LogP contribution in [0, 0.1) is 6.92 Å². The number of phenols is 1. The maximum Gasteiger partial charge on any atom is 0.416 e. The van der Waals surface area contributed by atoms with Gasteiger partial charge in [-0.2, -0.15) is 13.2 Å². The summed E-state index contributed by atoms with van der Waals surface area (Å²) in [5.41, 5.74) is 2.44. The number of halogens is 3. The minimum absolute atomic E-state index is 0.0660. The Hall–Kier alpha value is -2.82. The summed E-state index contributed by atoms with van der Waals surface area (Å²) in [7, 11) is 0. The summed E-state index contributed by atoms with van der Waals surface area (Å²) in [5.74, 6) is 0.0660. The Labute approximate surface area is 137 Å². The molecule has 1 heterocycles. The molecule has 122 valence electrons. The van der Waals surface area contributed by atoms with Gasteiger partial charge in [-0.05, 0) is 60.0 Å². The third kappa shape index (κ3) is 3.25. The van der Waals surface area contributed by atoms with Gasteiger partial charge in [-0.15, -0.1) is 0 Å². The van der Waals surface area contributed by atoms with Gasteiger partial charge in [0, 0.05) is 17.5 Å². The molecule has 0 spiro atoms. The summed E-state index contributed by atoms with van der Waals surface area (Å²) in [6, 6.07) is 13.5. The third-order valence-electron chi connectivity index (χ3n) is 3.73. The van der Waals surface area contributed by atoms with Crippen molar-refractivity contribution in [2.75, 3.05) is 0 Å². The van der Waals surface area contributed by atoms with Crippen molar-refractivity contribution in [3.8, 4) is 28.0 Å². The highest BCUT2D eigenvalue weighted by Crippen LogP contribution is 2.36. The van der Waals surface area contributed by atoms with Crippen molar-refractivity contribution in [3.63, 3.8) is 0 Å². The molecule has 0 aliphatic rings. The Morgan fingerprint density at radius 1 is 0.875 bits per heavy atom. The summed E-state index contributed by atoms with van der Waals surface area (Å²) in [5, 5.41) is 10.1. The number of hydrogen-bond donors (Lipinski definition) is 1. The molecule has 24 heavy (non-hydrogen) atoms. The Bertz CT molecular complexity index is 888. The van der Waals surface area contributed by atoms with Crippen LogP contribution in [0.2, 0.25) is 0 Å². The molecular formula is C19H14F3NO. The lowest BCUT2D eigenvalue weighted by Crippen LogP contribution is -2.04. The van der Waals surface area contributed by atoms with Crippen molar-refractivity contribution in [1.82, 2.24) is 4.98 Å². The van der Waals surface area contributed by atoms with Crippen molar-refractivity contribution >= 4 is 0 Å². The molecule has 2 aromatic carbocycles. The van der Waals surface area contributed by atoms with Gasteiger partial charge >= 0.3 is 6.18 Å². The van der Waals surface area contributed by atoms with Crippen LogP contribution in [0.25, 0.3) is 22.3 Å². The van der Waals surface area contributed by atoms with E-state index in [9.17, 15) is 18.3 Å². The van der Waals surface area contributed by atoms with Crippen LogP contribution in [-0.4, -0.2) is 10.1 Å². The Balaban J connectivity index is 2.09. The predicted octanol–water partition coefficient (Wildman–Crippen LogP) is 5.45. The van der Waals surface area contributed by atoms with Crippen molar-refractivity contribution in [2.45, 2.75) is 13.1 Å². The molecule has 0 aliphatic carbocycles. The molecule has 3 aromatic rings. The number of aryl methyl sites for hydroxylation is 1. The topological polar surface area (TPSA) is 33.1 Å². The molecular weight excluding hydrogens is 315 g/mol. The van der Waals surface area contributed by atoms with Gasteiger partial charge < -0.3 is 5.11 Å². The van der Waals surface area contributed by atoms with Gasteiger partial charge in [0.2, 0.25) is 0 Å². The van der Waals surface area contributed by atoms with E-state index in [4.69, 9.17) is 0 Å². The largest absolute Gasteiger partial charge is 0.507 e. The van der Waals surface area contributed by atoms with Gasteiger partial charge in [-0.25, -0.2) is 0 Å². The molecule has 0 fully saturated rings. The van der Waals surface area contributed by atoms with E-state index in [-0.39, 0.29) is 5.75 Å². The fraction of sp³-hybridized carbons (Fsp3) is 0.105. The Morgan fingerprint density at radius 2 is 1.62 bits per heavy atom. The molecule has 0 radical (unpaired) electrons. The first-order valence-corrected chi connectivity index (χ1v) is 7.28. The number of rotatable bonds is 2. The molecule has 1 N–H and O–H groups in total. The second-order valence-electron chi connectivity index (χ2n) is 5.50. The van der Waals surface area contributed by atoms with E-state index >= 15 is 0 Å². The average Bonchev–Trinajstić information content (AvgIpc) is 2.54. The Kier molecular flexibility index (Phi) is 4.01. The summed E-state index contributed by atoms with van der Waals surface area (Å²) in [4.78, 5) is 4.11. The van der Waals surface area contributed by atoms with Crippen molar-refractivity contribution in [1.29, 1.82) is 0 Å². The number of nitrogens with zero attached hydrogens (tertiary/aromatic N) is 1. The first kappa shape index (κ1) is 16.1. The fourth-order valence-electron chi connectivity index (χ4n) is 2.54. The second-order valence-corrected chi connectivity index (χ2v) is 5.50. The molecule has 2 nitrogen and oxygen atoms in total. The van der Waals surface area contributed by atoms with Crippen LogP contribution in [0.4, 0.5) is 13.2 Å². The van der Waals surface area contributed by atoms with E-state index in [1.807, 2.05) is 13.0 Å². The van der Waals surface area contributed by atoms with Gasteiger partial charge in [0.15, 0.2) is 0 Å². The standard InChI is InChI=1S/C19H14F3NO/c1-12-9-15(7-8-23-12)17-11-14(5-6-18(17)24)13-3-2-4-16(10-13)19(20,21)22/h2-11,24H,1H3. The quantitative estimate of drug-likeness (QED) is 0.678. The molecule has 0 amide bonds. The highest BCUT2D eigenvalue weighted by molar-refractivity contribution is 5.77. The normalized spacial score (nSPS) is 11.5. The maximum atomic E-state index is 12.9. The lowest BCUT2D eigenvalue weighted by atomic mass is 9.97. The number of phenolic OH excluding ortho intramolecular Hbond substituents is 1. The van der Waals surface area contributed by atoms with Crippen LogP contribution in [0.3, 0.4) is 0 Å². The van der Waals surface area contributed by atoms with Crippen molar-refractivity contribution in [2.24, 2.45) is 0 Å². The van der Waals surface area contributed by atoms with Crippen molar-refractivity contribution in [3.05, 3.63) is 72.1 Å². The predicted molar refractivity (Wildman–Crippen MR) is 86.5 cm³/mol. The zero-order valence-corrected chi connectivity index (χ0v) is 12.8. The average molecular weight is 329 g/mol.